The van der Waals surface area contributed by atoms with E-state index in [9.17, 15) is 12.8 Å². The zero-order chi connectivity index (χ0) is 19.2. The molecule has 0 bridgehead atoms. The van der Waals surface area contributed by atoms with Gasteiger partial charge in [-0.1, -0.05) is 35.9 Å². The summed E-state index contributed by atoms with van der Waals surface area (Å²) in [5, 5.41) is 1.07. The van der Waals surface area contributed by atoms with Crippen molar-refractivity contribution < 1.29 is 12.8 Å². The highest BCUT2D eigenvalue weighted by molar-refractivity contribution is 7.91. The minimum Gasteiger partial charge on any atom is -0.264 e. The molecule has 0 amide bonds. The van der Waals surface area contributed by atoms with Crippen LogP contribution in [0.3, 0.4) is 0 Å². The van der Waals surface area contributed by atoms with Crippen molar-refractivity contribution in [2.45, 2.75) is 18.1 Å². The van der Waals surface area contributed by atoms with Crippen LogP contribution >= 0.6 is 11.6 Å². The van der Waals surface area contributed by atoms with E-state index >= 15 is 0 Å². The fraction of sp³-hybridized carbons (Fsp3) is 0.150. The third kappa shape index (κ3) is 2.80. The topological polar surface area (TPSA) is 52.0 Å². The molecule has 0 saturated carbocycles. The first-order valence-corrected chi connectivity index (χ1v) is 10.1. The van der Waals surface area contributed by atoms with Crippen LogP contribution < -0.4 is 0 Å². The molecule has 4 nitrogen and oxygen atoms in total. The third-order valence-electron chi connectivity index (χ3n) is 4.90. The van der Waals surface area contributed by atoms with Gasteiger partial charge >= 0.3 is 0 Å². The summed E-state index contributed by atoms with van der Waals surface area (Å²) in [6.45, 7) is 1.62. The maximum atomic E-state index is 14.3. The van der Waals surface area contributed by atoms with Crippen molar-refractivity contribution in [3.63, 3.8) is 0 Å². The van der Waals surface area contributed by atoms with Crippen molar-refractivity contribution in [3.8, 4) is 0 Å². The summed E-state index contributed by atoms with van der Waals surface area (Å²) in [6.07, 6.45) is 7.86. The molecule has 3 aromatic rings. The molecule has 1 atom stereocenters. The van der Waals surface area contributed by atoms with Crippen molar-refractivity contribution >= 4 is 38.1 Å². The molecular weight excluding hydrogens is 387 g/mol. The van der Waals surface area contributed by atoms with E-state index in [0.717, 1.165) is 5.39 Å². The van der Waals surface area contributed by atoms with Gasteiger partial charge in [0.05, 0.1) is 5.52 Å². The van der Waals surface area contributed by atoms with Crippen molar-refractivity contribution in [2.75, 3.05) is 0 Å². The van der Waals surface area contributed by atoms with E-state index in [1.54, 1.807) is 55.7 Å². The van der Waals surface area contributed by atoms with E-state index < -0.39 is 20.6 Å². The Balaban J connectivity index is 1.83. The SMILES string of the molecule is CC1(S(=O)(=O)n2ccc3cnccc32)C=CC(Cl)=C(c2ccccc2F)C1. The van der Waals surface area contributed by atoms with Crippen LogP contribution in [-0.2, 0) is 10.0 Å². The number of aromatic nitrogens is 2. The summed E-state index contributed by atoms with van der Waals surface area (Å²) >= 11 is 6.30. The number of hydrogen-bond donors (Lipinski definition) is 0. The van der Waals surface area contributed by atoms with Gasteiger partial charge in [0, 0.05) is 34.6 Å². The Morgan fingerprint density at radius 2 is 2.00 bits per heavy atom. The van der Waals surface area contributed by atoms with Crippen molar-refractivity contribution in [3.05, 3.63) is 83.6 Å². The Kier molecular flexibility index (Phi) is 4.20. The molecule has 1 aliphatic carbocycles. The normalized spacial score (nSPS) is 20.4. The zero-order valence-electron chi connectivity index (χ0n) is 14.4. The van der Waals surface area contributed by atoms with Gasteiger partial charge in [0.2, 0.25) is 10.0 Å². The summed E-state index contributed by atoms with van der Waals surface area (Å²) in [7, 11) is -3.84. The second-order valence-corrected chi connectivity index (χ2v) is 9.36. The standard InChI is InChI=1S/C20H16ClFN2O2S/c1-20(27(25,26)24-11-8-14-13-23-10-7-19(14)24)9-6-17(21)16(12-20)15-4-2-3-5-18(15)22/h2-11,13H,12H2,1H3. The summed E-state index contributed by atoms with van der Waals surface area (Å²) in [4.78, 5) is 4.02. The van der Waals surface area contributed by atoms with E-state index in [4.69, 9.17) is 11.6 Å². The van der Waals surface area contributed by atoms with E-state index in [1.165, 1.54) is 22.3 Å². The van der Waals surface area contributed by atoms with Crippen LogP contribution in [0.1, 0.15) is 18.9 Å². The van der Waals surface area contributed by atoms with Crippen LogP contribution in [-0.4, -0.2) is 22.1 Å². The fourth-order valence-corrected chi connectivity index (χ4v) is 5.24. The van der Waals surface area contributed by atoms with E-state index in [0.29, 0.717) is 21.7 Å². The molecule has 0 saturated heterocycles. The van der Waals surface area contributed by atoms with Gasteiger partial charge < -0.3 is 0 Å². The van der Waals surface area contributed by atoms with Gasteiger partial charge in [-0.25, -0.2) is 16.8 Å². The first kappa shape index (κ1) is 17.9. The lowest BCUT2D eigenvalue weighted by Gasteiger charge is -2.31. The van der Waals surface area contributed by atoms with Gasteiger partial charge in [0.15, 0.2) is 0 Å². The molecule has 4 rings (SSSR count). The molecule has 1 unspecified atom stereocenters. The molecule has 0 radical (unpaired) electrons. The molecule has 0 aliphatic heterocycles. The summed E-state index contributed by atoms with van der Waals surface area (Å²) in [6, 6.07) is 9.59. The minimum absolute atomic E-state index is 0.0658. The monoisotopic (exact) mass is 402 g/mol. The van der Waals surface area contributed by atoms with Gasteiger partial charge in [-0.15, -0.1) is 0 Å². The number of benzene rings is 1. The highest BCUT2D eigenvalue weighted by Crippen LogP contribution is 2.41. The number of hydrogen-bond acceptors (Lipinski definition) is 3. The minimum atomic E-state index is -3.84. The van der Waals surface area contributed by atoms with E-state index in [-0.39, 0.29) is 6.42 Å². The first-order chi connectivity index (χ1) is 12.8. The molecule has 7 heteroatoms. The maximum Gasteiger partial charge on any atom is 0.248 e. The predicted octanol–water partition coefficient (Wildman–Crippen LogP) is 4.72. The number of halogens is 2. The molecule has 2 heterocycles. The fourth-order valence-electron chi connectivity index (χ4n) is 3.34. The van der Waals surface area contributed by atoms with Crippen LogP contribution in [0, 0.1) is 5.82 Å². The van der Waals surface area contributed by atoms with Gasteiger partial charge in [0.1, 0.15) is 10.6 Å². The Morgan fingerprint density at radius 3 is 2.78 bits per heavy atom. The van der Waals surface area contributed by atoms with Crippen LogP contribution in [0.5, 0.6) is 0 Å². The summed E-state index contributed by atoms with van der Waals surface area (Å²) < 4.78 is 41.2. The average molecular weight is 403 g/mol. The average Bonchev–Trinajstić information content (AvgIpc) is 3.09. The van der Waals surface area contributed by atoms with Gasteiger partial charge in [0.25, 0.3) is 0 Å². The highest BCUT2D eigenvalue weighted by atomic mass is 35.5. The van der Waals surface area contributed by atoms with Crippen molar-refractivity contribution in [1.82, 2.24) is 8.96 Å². The molecular formula is C20H16ClFN2O2S. The first-order valence-electron chi connectivity index (χ1n) is 8.32. The summed E-state index contributed by atoms with van der Waals surface area (Å²) in [5.41, 5.74) is 1.34. The van der Waals surface area contributed by atoms with Crippen LogP contribution in [0.15, 0.2) is 72.2 Å². The smallest absolute Gasteiger partial charge is 0.248 e. The Labute approximate surface area is 161 Å². The number of rotatable bonds is 3. The maximum absolute atomic E-state index is 14.3. The van der Waals surface area contributed by atoms with Crippen molar-refractivity contribution in [1.29, 1.82) is 0 Å². The predicted molar refractivity (Wildman–Crippen MR) is 105 cm³/mol. The van der Waals surface area contributed by atoms with Gasteiger partial charge in [-0.3, -0.25) is 4.98 Å². The Morgan fingerprint density at radius 1 is 1.22 bits per heavy atom. The van der Waals surface area contributed by atoms with Crippen LogP contribution in [0.25, 0.3) is 16.5 Å². The lowest BCUT2D eigenvalue weighted by molar-refractivity contribution is 0.555. The van der Waals surface area contributed by atoms with E-state index in [2.05, 4.69) is 4.98 Å². The van der Waals surface area contributed by atoms with Crippen LogP contribution in [0.2, 0.25) is 0 Å². The van der Waals surface area contributed by atoms with E-state index in [1.807, 2.05) is 0 Å². The quantitative estimate of drug-likeness (QED) is 0.636. The largest absolute Gasteiger partial charge is 0.264 e. The Bertz CT molecular complexity index is 1210. The number of nitrogens with zero attached hydrogens (tertiary/aromatic N) is 2. The highest BCUT2D eigenvalue weighted by Gasteiger charge is 2.42. The molecule has 0 N–H and O–H groups in total. The van der Waals surface area contributed by atoms with Crippen LogP contribution in [0.4, 0.5) is 4.39 Å². The number of allylic oxidation sites excluding steroid dienone is 3. The second kappa shape index (κ2) is 6.32. The zero-order valence-corrected chi connectivity index (χ0v) is 16.0. The second-order valence-electron chi connectivity index (χ2n) is 6.68. The molecule has 1 aliphatic rings. The number of pyridine rings is 1. The summed E-state index contributed by atoms with van der Waals surface area (Å²) in [5.74, 6) is -0.432. The molecule has 0 spiro atoms. The molecule has 2 aromatic heterocycles. The Hall–Kier alpha value is -2.44. The third-order valence-corrected chi connectivity index (χ3v) is 7.55. The molecule has 138 valence electrons. The molecule has 0 fully saturated rings. The lowest BCUT2D eigenvalue weighted by atomic mass is 9.90. The van der Waals surface area contributed by atoms with Gasteiger partial charge in [-0.05, 0) is 43.2 Å². The number of fused-ring (bicyclic) bond motifs is 1. The van der Waals surface area contributed by atoms with Gasteiger partial charge in [-0.2, -0.15) is 0 Å². The molecule has 1 aromatic carbocycles. The van der Waals surface area contributed by atoms with Crippen molar-refractivity contribution in [2.24, 2.45) is 0 Å². The molecule has 27 heavy (non-hydrogen) atoms. The lowest BCUT2D eigenvalue weighted by Crippen LogP contribution is -2.39.